The van der Waals surface area contributed by atoms with Crippen molar-refractivity contribution < 1.29 is 21.9 Å². The van der Waals surface area contributed by atoms with E-state index >= 15 is 0 Å². The number of hydrogen-bond donors (Lipinski definition) is 1. The SMILES string of the molecule is NS(=O)(=O)c1ccc(Oc2cc(Br)cc(F)c2F)cc1. The van der Waals surface area contributed by atoms with Crippen LogP contribution in [-0.4, -0.2) is 8.42 Å². The van der Waals surface area contributed by atoms with Gasteiger partial charge in [0, 0.05) is 4.47 Å². The first kappa shape index (κ1) is 14.9. The molecule has 0 unspecified atom stereocenters. The van der Waals surface area contributed by atoms with E-state index in [0.717, 1.165) is 6.07 Å². The third-order valence-electron chi connectivity index (χ3n) is 2.34. The molecular weight excluding hydrogens is 356 g/mol. The fraction of sp³-hybridized carbons (Fsp3) is 0. The number of rotatable bonds is 3. The maximum atomic E-state index is 13.5. The van der Waals surface area contributed by atoms with Gasteiger partial charge in [0.05, 0.1) is 4.90 Å². The molecule has 2 N–H and O–H groups in total. The van der Waals surface area contributed by atoms with Crippen LogP contribution in [0.3, 0.4) is 0 Å². The Morgan fingerprint density at radius 2 is 1.70 bits per heavy atom. The molecule has 0 atom stereocenters. The average Bonchev–Trinajstić information content (AvgIpc) is 2.35. The lowest BCUT2D eigenvalue weighted by Gasteiger charge is -2.08. The summed E-state index contributed by atoms with van der Waals surface area (Å²) in [6.45, 7) is 0. The van der Waals surface area contributed by atoms with Crippen LogP contribution in [-0.2, 0) is 10.0 Å². The molecule has 0 heterocycles. The molecule has 2 rings (SSSR count). The molecule has 2 aromatic rings. The first-order valence-electron chi connectivity index (χ1n) is 5.22. The number of benzene rings is 2. The van der Waals surface area contributed by atoms with Gasteiger partial charge in [-0.25, -0.2) is 17.9 Å². The molecule has 0 fully saturated rings. The van der Waals surface area contributed by atoms with Crippen LogP contribution in [0.15, 0.2) is 45.8 Å². The molecule has 0 bridgehead atoms. The monoisotopic (exact) mass is 363 g/mol. The molecule has 0 saturated heterocycles. The minimum Gasteiger partial charge on any atom is -0.454 e. The largest absolute Gasteiger partial charge is 0.454 e. The zero-order valence-corrected chi connectivity index (χ0v) is 12.2. The van der Waals surface area contributed by atoms with Crippen molar-refractivity contribution in [3.63, 3.8) is 0 Å². The highest BCUT2D eigenvalue weighted by atomic mass is 79.9. The Kier molecular flexibility index (Phi) is 4.07. The Balaban J connectivity index is 2.32. The highest BCUT2D eigenvalue weighted by Gasteiger charge is 2.13. The van der Waals surface area contributed by atoms with Gasteiger partial charge in [0.2, 0.25) is 15.8 Å². The number of ether oxygens (including phenoxy) is 1. The second-order valence-electron chi connectivity index (χ2n) is 3.82. The van der Waals surface area contributed by atoms with Crippen molar-refractivity contribution in [1.29, 1.82) is 0 Å². The number of hydrogen-bond acceptors (Lipinski definition) is 3. The lowest BCUT2D eigenvalue weighted by Crippen LogP contribution is -2.11. The smallest absolute Gasteiger partial charge is 0.238 e. The summed E-state index contributed by atoms with van der Waals surface area (Å²) in [7, 11) is -3.81. The van der Waals surface area contributed by atoms with Gasteiger partial charge in [-0.15, -0.1) is 0 Å². The van der Waals surface area contributed by atoms with E-state index in [9.17, 15) is 17.2 Å². The van der Waals surface area contributed by atoms with E-state index in [1.165, 1.54) is 30.3 Å². The van der Waals surface area contributed by atoms with E-state index < -0.39 is 21.7 Å². The summed E-state index contributed by atoms with van der Waals surface area (Å²) in [6.07, 6.45) is 0. The molecular formula is C12H8BrF2NO3S. The van der Waals surface area contributed by atoms with Gasteiger partial charge in [0.1, 0.15) is 5.75 Å². The second kappa shape index (κ2) is 5.47. The molecule has 0 amide bonds. The quantitative estimate of drug-likeness (QED) is 0.851. The van der Waals surface area contributed by atoms with Crippen molar-refractivity contribution in [3.05, 3.63) is 52.5 Å². The predicted molar refractivity (Wildman–Crippen MR) is 71.9 cm³/mol. The highest BCUT2D eigenvalue weighted by molar-refractivity contribution is 9.10. The van der Waals surface area contributed by atoms with Crippen LogP contribution in [0.1, 0.15) is 0 Å². The standard InChI is InChI=1S/C12H8BrF2NO3S/c13-7-5-10(14)12(15)11(6-7)19-8-1-3-9(4-2-8)20(16,17)18/h1-6H,(H2,16,17,18). The van der Waals surface area contributed by atoms with E-state index in [-0.39, 0.29) is 16.4 Å². The molecule has 2 aromatic carbocycles. The Morgan fingerprint density at radius 1 is 1.10 bits per heavy atom. The van der Waals surface area contributed by atoms with Crippen LogP contribution in [0.25, 0.3) is 0 Å². The fourth-order valence-electron chi connectivity index (χ4n) is 1.43. The van der Waals surface area contributed by atoms with Crippen molar-refractivity contribution in [2.45, 2.75) is 4.90 Å². The predicted octanol–water partition coefficient (Wildman–Crippen LogP) is 3.17. The summed E-state index contributed by atoms with van der Waals surface area (Å²) < 4.78 is 54.3. The van der Waals surface area contributed by atoms with Gasteiger partial charge < -0.3 is 4.74 Å². The normalized spacial score (nSPS) is 11.4. The van der Waals surface area contributed by atoms with Crippen LogP contribution in [0.2, 0.25) is 0 Å². The molecule has 0 saturated carbocycles. The van der Waals surface area contributed by atoms with E-state index in [0.29, 0.717) is 4.47 Å². The Hall–Kier alpha value is -1.51. The number of sulfonamides is 1. The van der Waals surface area contributed by atoms with Crippen LogP contribution in [0, 0.1) is 11.6 Å². The molecule has 106 valence electrons. The first-order chi connectivity index (χ1) is 9.27. The van der Waals surface area contributed by atoms with E-state index in [4.69, 9.17) is 9.88 Å². The van der Waals surface area contributed by atoms with Gasteiger partial charge in [0.25, 0.3) is 0 Å². The van der Waals surface area contributed by atoms with E-state index in [1.54, 1.807) is 0 Å². The topological polar surface area (TPSA) is 69.4 Å². The molecule has 0 aliphatic heterocycles. The maximum Gasteiger partial charge on any atom is 0.238 e. The van der Waals surface area contributed by atoms with Crippen LogP contribution in [0.5, 0.6) is 11.5 Å². The van der Waals surface area contributed by atoms with Gasteiger partial charge in [-0.3, -0.25) is 0 Å². The lowest BCUT2D eigenvalue weighted by molar-refractivity contribution is 0.415. The third kappa shape index (κ3) is 3.33. The van der Waals surface area contributed by atoms with Gasteiger partial charge in [-0.05, 0) is 36.4 Å². The summed E-state index contributed by atoms with van der Waals surface area (Å²) in [5.74, 6) is -2.37. The molecule has 0 aliphatic rings. The summed E-state index contributed by atoms with van der Waals surface area (Å²) in [5, 5.41) is 4.94. The van der Waals surface area contributed by atoms with Crippen molar-refractivity contribution in [2.24, 2.45) is 5.14 Å². The number of halogens is 3. The van der Waals surface area contributed by atoms with Crippen molar-refractivity contribution >= 4 is 26.0 Å². The minimum absolute atomic E-state index is 0.106. The summed E-state index contributed by atoms with van der Waals surface area (Å²) >= 11 is 3.02. The molecule has 0 aromatic heterocycles. The maximum absolute atomic E-state index is 13.5. The molecule has 4 nitrogen and oxygen atoms in total. The molecule has 0 radical (unpaired) electrons. The minimum atomic E-state index is -3.81. The van der Waals surface area contributed by atoms with Gasteiger partial charge in [-0.2, -0.15) is 4.39 Å². The average molecular weight is 364 g/mol. The van der Waals surface area contributed by atoms with E-state index in [1.807, 2.05) is 0 Å². The zero-order valence-electron chi connectivity index (χ0n) is 9.81. The van der Waals surface area contributed by atoms with Crippen molar-refractivity contribution in [2.75, 3.05) is 0 Å². The Morgan fingerprint density at radius 3 is 2.25 bits per heavy atom. The van der Waals surface area contributed by atoms with Crippen LogP contribution >= 0.6 is 15.9 Å². The zero-order chi connectivity index (χ0) is 14.9. The summed E-state index contributed by atoms with van der Waals surface area (Å²) in [5.41, 5.74) is 0. The van der Waals surface area contributed by atoms with Gasteiger partial charge in [0.15, 0.2) is 11.6 Å². The summed E-state index contributed by atoms with van der Waals surface area (Å²) in [6, 6.07) is 7.21. The number of primary sulfonamides is 1. The van der Waals surface area contributed by atoms with Gasteiger partial charge in [-0.1, -0.05) is 15.9 Å². The van der Waals surface area contributed by atoms with Gasteiger partial charge >= 0.3 is 0 Å². The Labute approximate surface area is 122 Å². The lowest BCUT2D eigenvalue weighted by atomic mass is 10.3. The third-order valence-corrected chi connectivity index (χ3v) is 3.73. The van der Waals surface area contributed by atoms with Crippen LogP contribution in [0.4, 0.5) is 8.78 Å². The molecule has 8 heteroatoms. The van der Waals surface area contributed by atoms with Crippen molar-refractivity contribution in [3.8, 4) is 11.5 Å². The van der Waals surface area contributed by atoms with Crippen molar-refractivity contribution in [1.82, 2.24) is 0 Å². The molecule has 0 aliphatic carbocycles. The fourth-order valence-corrected chi connectivity index (χ4v) is 2.36. The van der Waals surface area contributed by atoms with E-state index in [2.05, 4.69) is 15.9 Å². The first-order valence-corrected chi connectivity index (χ1v) is 7.56. The molecule has 0 spiro atoms. The second-order valence-corrected chi connectivity index (χ2v) is 6.30. The number of nitrogens with two attached hydrogens (primary N) is 1. The highest BCUT2D eigenvalue weighted by Crippen LogP contribution is 2.29. The van der Waals surface area contributed by atoms with Crippen LogP contribution < -0.4 is 9.88 Å². The summed E-state index contributed by atoms with van der Waals surface area (Å²) in [4.78, 5) is -0.106. The molecule has 20 heavy (non-hydrogen) atoms. The Bertz CT molecular complexity index is 748.